The van der Waals surface area contributed by atoms with E-state index >= 15 is 0 Å². The third-order valence-electron chi connectivity index (χ3n) is 7.85. The summed E-state index contributed by atoms with van der Waals surface area (Å²) in [5.41, 5.74) is 0.663. The van der Waals surface area contributed by atoms with Crippen molar-refractivity contribution in [3.8, 4) is 17.3 Å². The molecule has 1 saturated carbocycles. The summed E-state index contributed by atoms with van der Waals surface area (Å²) < 4.78 is 20.0. The van der Waals surface area contributed by atoms with Crippen LogP contribution < -0.4 is 10.6 Å². The van der Waals surface area contributed by atoms with Crippen molar-refractivity contribution in [3.63, 3.8) is 0 Å². The number of hydrogen-bond acceptors (Lipinski definition) is 7. The highest BCUT2D eigenvalue weighted by molar-refractivity contribution is 6.33. The molecule has 7 nitrogen and oxygen atoms in total. The Morgan fingerprint density at radius 2 is 1.87 bits per heavy atom. The summed E-state index contributed by atoms with van der Waals surface area (Å²) in [5.74, 6) is 0.403. The lowest BCUT2D eigenvalue weighted by Gasteiger charge is -2.37. The van der Waals surface area contributed by atoms with E-state index in [0.717, 1.165) is 18.7 Å². The quantitative estimate of drug-likeness (QED) is 0.334. The van der Waals surface area contributed by atoms with Crippen molar-refractivity contribution in [2.24, 2.45) is 5.41 Å². The van der Waals surface area contributed by atoms with Crippen LogP contribution in [0.5, 0.6) is 0 Å². The van der Waals surface area contributed by atoms with Gasteiger partial charge < -0.3 is 20.3 Å². The topological polar surface area (TPSA) is 86.1 Å². The molecule has 0 bridgehead atoms. The maximum Gasteiger partial charge on any atom is 0.165 e. The predicted molar refractivity (Wildman–Crippen MR) is 151 cm³/mol. The fourth-order valence-corrected chi connectivity index (χ4v) is 5.82. The Hall–Kier alpha value is -2.47. The Kier molecular flexibility index (Phi) is 10.2. The molecule has 2 fully saturated rings. The van der Waals surface area contributed by atoms with E-state index in [-0.39, 0.29) is 5.82 Å². The van der Waals surface area contributed by atoms with Crippen LogP contribution in [0, 0.1) is 22.6 Å². The third kappa shape index (κ3) is 7.13. The number of ether oxygens (including phenoxy) is 1. The third-order valence-corrected chi connectivity index (χ3v) is 8.15. The molecule has 0 spiro atoms. The van der Waals surface area contributed by atoms with Gasteiger partial charge in [0.2, 0.25) is 0 Å². The molecular formula is C29H40ClFN6O. The van der Waals surface area contributed by atoms with Crippen LogP contribution in [0.4, 0.5) is 16.0 Å². The summed E-state index contributed by atoms with van der Waals surface area (Å²) in [5, 5.41) is 16.8. The van der Waals surface area contributed by atoms with Gasteiger partial charge >= 0.3 is 0 Å². The Bertz CT molecular complexity index is 1090. The first-order chi connectivity index (χ1) is 18.5. The number of hydrogen-bond donors (Lipinski definition) is 2. The minimum absolute atomic E-state index is 0.119. The van der Waals surface area contributed by atoms with Gasteiger partial charge in [-0.3, -0.25) is 0 Å². The summed E-state index contributed by atoms with van der Waals surface area (Å²) in [6, 6.07) is 8.33. The van der Waals surface area contributed by atoms with Crippen molar-refractivity contribution in [2.45, 2.75) is 77.3 Å². The lowest BCUT2D eigenvalue weighted by Crippen LogP contribution is -2.41. The number of nitrogens with one attached hydrogen (secondary N) is 2. The molecule has 0 radical (unpaired) electrons. The molecule has 0 atom stereocenters. The number of pyridine rings is 2. The van der Waals surface area contributed by atoms with E-state index in [2.05, 4.69) is 45.4 Å². The molecule has 1 aliphatic carbocycles. The summed E-state index contributed by atoms with van der Waals surface area (Å²) in [6.07, 6.45) is 9.80. The van der Waals surface area contributed by atoms with Gasteiger partial charge in [-0.05, 0) is 82.7 Å². The molecule has 0 aromatic carbocycles. The average molecular weight is 543 g/mol. The van der Waals surface area contributed by atoms with Crippen LogP contribution in [0.25, 0.3) is 11.3 Å². The second-order valence-electron chi connectivity index (χ2n) is 10.6. The molecule has 0 unspecified atom stereocenters. The van der Waals surface area contributed by atoms with Crippen molar-refractivity contribution in [3.05, 3.63) is 35.2 Å². The van der Waals surface area contributed by atoms with E-state index in [4.69, 9.17) is 16.3 Å². The van der Waals surface area contributed by atoms with Crippen LogP contribution in [-0.2, 0) is 4.74 Å². The first-order valence-electron chi connectivity index (χ1n) is 14.0. The van der Waals surface area contributed by atoms with Crippen molar-refractivity contribution in [2.75, 3.05) is 43.5 Å². The lowest BCUT2D eigenvalue weighted by atomic mass is 9.82. The second kappa shape index (κ2) is 13.5. The monoisotopic (exact) mass is 542 g/mol. The Balaban J connectivity index is 1.42. The normalized spacial score (nSPS) is 21.2. The van der Waals surface area contributed by atoms with Crippen LogP contribution in [0.1, 0.15) is 65.2 Å². The van der Waals surface area contributed by atoms with E-state index in [9.17, 15) is 9.65 Å². The predicted octanol–water partition coefficient (Wildman–Crippen LogP) is 6.51. The lowest BCUT2D eigenvalue weighted by molar-refractivity contribution is 0.0455. The van der Waals surface area contributed by atoms with E-state index in [0.29, 0.717) is 61.0 Å². The van der Waals surface area contributed by atoms with Crippen LogP contribution >= 0.6 is 11.6 Å². The van der Waals surface area contributed by atoms with Crippen LogP contribution in [0.3, 0.4) is 0 Å². The van der Waals surface area contributed by atoms with E-state index in [1.807, 2.05) is 6.07 Å². The molecule has 38 heavy (non-hydrogen) atoms. The van der Waals surface area contributed by atoms with Crippen molar-refractivity contribution < 1.29 is 9.13 Å². The summed E-state index contributed by atoms with van der Waals surface area (Å²) in [4.78, 5) is 11.7. The SMILES string of the molecule is CCCN(CCC)[C@H]1CC[C@H](Nc2cc(-c3ccc(F)c(NCC4(C#N)CCOCC4)n3)c(Cl)cn2)CC1. The smallest absolute Gasteiger partial charge is 0.165 e. The van der Waals surface area contributed by atoms with Crippen LogP contribution in [0.15, 0.2) is 24.4 Å². The molecular weight excluding hydrogens is 503 g/mol. The highest BCUT2D eigenvalue weighted by Crippen LogP contribution is 2.33. The van der Waals surface area contributed by atoms with Crippen LogP contribution in [0.2, 0.25) is 5.02 Å². The molecule has 206 valence electrons. The number of nitriles is 1. The van der Waals surface area contributed by atoms with Gasteiger partial charge in [-0.15, -0.1) is 0 Å². The number of rotatable bonds is 11. The Morgan fingerprint density at radius 1 is 1.16 bits per heavy atom. The first kappa shape index (κ1) is 28.5. The van der Waals surface area contributed by atoms with Gasteiger partial charge in [0.05, 0.1) is 22.2 Å². The summed E-state index contributed by atoms with van der Waals surface area (Å²) in [7, 11) is 0. The van der Waals surface area contributed by atoms with Gasteiger partial charge in [-0.1, -0.05) is 25.4 Å². The fraction of sp³-hybridized carbons (Fsp3) is 0.621. The zero-order valence-electron chi connectivity index (χ0n) is 22.6. The van der Waals surface area contributed by atoms with Gasteiger partial charge in [0.15, 0.2) is 11.6 Å². The molecule has 2 aromatic heterocycles. The number of nitrogens with zero attached hydrogens (tertiary/aromatic N) is 4. The van der Waals surface area contributed by atoms with Crippen molar-refractivity contribution in [1.82, 2.24) is 14.9 Å². The molecule has 1 aliphatic heterocycles. The molecule has 4 rings (SSSR count). The zero-order chi connectivity index (χ0) is 27.0. The van der Waals surface area contributed by atoms with Gasteiger partial charge in [0.1, 0.15) is 5.82 Å². The summed E-state index contributed by atoms with van der Waals surface area (Å²) >= 11 is 6.52. The first-order valence-corrected chi connectivity index (χ1v) is 14.4. The number of halogens is 2. The molecule has 9 heteroatoms. The molecule has 2 aliphatic rings. The standard InChI is InChI=1S/C29H40ClFN6O/c1-3-13-37(14-4-2)22-7-5-21(6-8-22)35-27-17-23(24(30)18-33-27)26-10-9-25(31)28(36-26)34-20-29(19-32)11-15-38-16-12-29/h9-10,17-18,21-22H,3-8,11-16,20H2,1-2H3,(H,33,35)(H,34,36)/t21-,22-. The van der Waals surface area contributed by atoms with E-state index < -0.39 is 11.2 Å². The summed E-state index contributed by atoms with van der Waals surface area (Å²) in [6.45, 7) is 8.23. The van der Waals surface area contributed by atoms with Gasteiger partial charge in [-0.2, -0.15) is 5.26 Å². The molecule has 3 heterocycles. The highest BCUT2D eigenvalue weighted by Gasteiger charge is 2.33. The van der Waals surface area contributed by atoms with Gasteiger partial charge in [-0.25, -0.2) is 14.4 Å². The minimum atomic E-state index is -0.586. The zero-order valence-corrected chi connectivity index (χ0v) is 23.4. The molecule has 0 amide bonds. The fourth-order valence-electron chi connectivity index (χ4n) is 5.62. The Morgan fingerprint density at radius 3 is 2.53 bits per heavy atom. The highest BCUT2D eigenvalue weighted by atomic mass is 35.5. The van der Waals surface area contributed by atoms with Gasteiger partial charge in [0.25, 0.3) is 0 Å². The second-order valence-corrected chi connectivity index (χ2v) is 11.0. The molecule has 2 N–H and O–H groups in total. The van der Waals surface area contributed by atoms with E-state index in [1.165, 1.54) is 44.8 Å². The van der Waals surface area contributed by atoms with Gasteiger partial charge in [0, 0.05) is 43.6 Å². The Labute approximate surface area is 231 Å². The molecule has 2 aromatic rings. The largest absolute Gasteiger partial charge is 0.381 e. The van der Waals surface area contributed by atoms with E-state index in [1.54, 1.807) is 12.3 Å². The number of anilines is 2. The maximum atomic E-state index is 14.6. The average Bonchev–Trinajstić information content (AvgIpc) is 2.94. The molecule has 1 saturated heterocycles. The van der Waals surface area contributed by atoms with Crippen molar-refractivity contribution >= 4 is 23.2 Å². The van der Waals surface area contributed by atoms with Crippen LogP contribution in [-0.4, -0.2) is 59.8 Å². The minimum Gasteiger partial charge on any atom is -0.381 e. The van der Waals surface area contributed by atoms with Crippen molar-refractivity contribution in [1.29, 1.82) is 5.26 Å². The maximum absolute atomic E-state index is 14.6. The number of aromatic nitrogens is 2.